The topological polar surface area (TPSA) is 93.7 Å². The van der Waals surface area contributed by atoms with E-state index < -0.39 is 18.0 Å². The van der Waals surface area contributed by atoms with Crippen molar-refractivity contribution in [3.8, 4) is 5.75 Å². The normalized spacial score (nSPS) is 13.3. The maximum Gasteiger partial charge on any atom is 0.345 e. The van der Waals surface area contributed by atoms with Crippen LogP contribution in [0.3, 0.4) is 0 Å². The molecule has 174 valence electrons. The number of ether oxygens (including phenoxy) is 2. The van der Waals surface area contributed by atoms with Crippen molar-refractivity contribution in [1.82, 2.24) is 0 Å². The molecule has 4 rings (SSSR count). The number of carbonyl (C=O) groups is 3. The molecule has 7 nitrogen and oxygen atoms in total. The lowest BCUT2D eigenvalue weighted by molar-refractivity contribution is -0.156. The first-order valence-corrected chi connectivity index (χ1v) is 11.1. The SMILES string of the molecule is Cc1ccc(C)c(NC(=O)C(OC(=O)COc2ccc3c(c2)CCC(=O)N3)c2ccccc2)c1. The van der Waals surface area contributed by atoms with Crippen LogP contribution < -0.4 is 15.4 Å². The second-order valence-corrected chi connectivity index (χ2v) is 8.24. The zero-order chi connectivity index (χ0) is 24.1. The molecular weight excluding hydrogens is 432 g/mol. The molecule has 1 atom stereocenters. The van der Waals surface area contributed by atoms with Gasteiger partial charge < -0.3 is 20.1 Å². The standard InChI is InChI=1S/C27H26N2O5/c1-17-8-9-18(2)23(14-17)29-27(32)26(19-6-4-3-5-7-19)34-25(31)16-33-21-11-12-22-20(15-21)10-13-24(30)28-22/h3-9,11-12,14-15,26H,10,13,16H2,1-2H3,(H,28,30)(H,29,32). The van der Waals surface area contributed by atoms with E-state index in [9.17, 15) is 14.4 Å². The number of hydrogen-bond acceptors (Lipinski definition) is 5. The van der Waals surface area contributed by atoms with Gasteiger partial charge in [-0.3, -0.25) is 9.59 Å². The van der Waals surface area contributed by atoms with Gasteiger partial charge in [0.15, 0.2) is 6.61 Å². The highest BCUT2D eigenvalue weighted by Gasteiger charge is 2.26. The number of esters is 1. The summed E-state index contributed by atoms with van der Waals surface area (Å²) in [5, 5.41) is 5.68. The van der Waals surface area contributed by atoms with Gasteiger partial charge in [-0.1, -0.05) is 42.5 Å². The molecule has 0 radical (unpaired) electrons. The summed E-state index contributed by atoms with van der Waals surface area (Å²) in [7, 11) is 0. The first-order valence-electron chi connectivity index (χ1n) is 11.1. The molecule has 0 saturated carbocycles. The predicted molar refractivity (Wildman–Crippen MR) is 129 cm³/mol. The molecule has 2 amide bonds. The Morgan fingerprint density at radius 1 is 1.00 bits per heavy atom. The molecule has 0 aliphatic carbocycles. The summed E-state index contributed by atoms with van der Waals surface area (Å²) >= 11 is 0. The number of aryl methyl sites for hydroxylation is 3. The van der Waals surface area contributed by atoms with Gasteiger partial charge in [0.25, 0.3) is 5.91 Å². The van der Waals surface area contributed by atoms with Crippen molar-refractivity contribution < 1.29 is 23.9 Å². The van der Waals surface area contributed by atoms with Crippen LogP contribution in [0.25, 0.3) is 0 Å². The molecule has 7 heteroatoms. The van der Waals surface area contributed by atoms with Crippen molar-refractivity contribution >= 4 is 29.2 Å². The number of hydrogen-bond donors (Lipinski definition) is 2. The smallest absolute Gasteiger partial charge is 0.345 e. The van der Waals surface area contributed by atoms with Crippen molar-refractivity contribution in [2.45, 2.75) is 32.8 Å². The van der Waals surface area contributed by atoms with Crippen LogP contribution in [-0.2, 0) is 25.5 Å². The highest BCUT2D eigenvalue weighted by Crippen LogP contribution is 2.27. The lowest BCUT2D eigenvalue weighted by atomic mass is 10.0. The van der Waals surface area contributed by atoms with Gasteiger partial charge in [0.05, 0.1) is 0 Å². The van der Waals surface area contributed by atoms with Gasteiger partial charge in [-0.25, -0.2) is 4.79 Å². The average Bonchev–Trinajstić information content (AvgIpc) is 2.84. The monoisotopic (exact) mass is 458 g/mol. The molecule has 3 aromatic rings. The van der Waals surface area contributed by atoms with Crippen molar-refractivity contribution in [3.63, 3.8) is 0 Å². The van der Waals surface area contributed by atoms with Gasteiger partial charge in [0.2, 0.25) is 12.0 Å². The van der Waals surface area contributed by atoms with E-state index in [1.165, 1.54) is 0 Å². The van der Waals surface area contributed by atoms with Gasteiger partial charge in [-0.15, -0.1) is 0 Å². The average molecular weight is 459 g/mol. The fraction of sp³-hybridized carbons (Fsp3) is 0.222. The van der Waals surface area contributed by atoms with Crippen molar-refractivity contribution in [2.75, 3.05) is 17.2 Å². The van der Waals surface area contributed by atoms with E-state index in [2.05, 4.69) is 10.6 Å². The molecule has 1 aliphatic rings. The highest BCUT2D eigenvalue weighted by molar-refractivity contribution is 5.97. The van der Waals surface area contributed by atoms with E-state index in [1.54, 1.807) is 42.5 Å². The molecule has 0 spiro atoms. The van der Waals surface area contributed by atoms with E-state index in [1.807, 2.05) is 38.1 Å². The third-order valence-electron chi connectivity index (χ3n) is 5.57. The lowest BCUT2D eigenvalue weighted by Gasteiger charge is -2.20. The van der Waals surface area contributed by atoms with Gasteiger partial charge in [-0.05, 0) is 61.2 Å². The molecule has 1 aliphatic heterocycles. The number of carbonyl (C=O) groups excluding carboxylic acids is 3. The van der Waals surface area contributed by atoms with Crippen LogP contribution in [0.5, 0.6) is 5.75 Å². The van der Waals surface area contributed by atoms with Crippen LogP contribution >= 0.6 is 0 Å². The third-order valence-corrected chi connectivity index (χ3v) is 5.57. The molecule has 0 aromatic heterocycles. The molecule has 0 saturated heterocycles. The number of nitrogens with one attached hydrogen (secondary N) is 2. The van der Waals surface area contributed by atoms with Crippen LogP contribution in [0.1, 0.15) is 34.8 Å². The van der Waals surface area contributed by atoms with Crippen LogP contribution in [-0.4, -0.2) is 24.4 Å². The lowest BCUT2D eigenvalue weighted by Crippen LogP contribution is -2.28. The summed E-state index contributed by atoms with van der Waals surface area (Å²) < 4.78 is 11.2. The maximum absolute atomic E-state index is 13.1. The summed E-state index contributed by atoms with van der Waals surface area (Å²) in [6.45, 7) is 3.48. The quantitative estimate of drug-likeness (QED) is 0.509. The number of fused-ring (bicyclic) bond motifs is 1. The summed E-state index contributed by atoms with van der Waals surface area (Å²) in [4.78, 5) is 37.3. The Morgan fingerprint density at radius 3 is 2.59 bits per heavy atom. The van der Waals surface area contributed by atoms with E-state index in [0.717, 1.165) is 22.4 Å². The second kappa shape index (κ2) is 10.2. The Morgan fingerprint density at radius 2 is 1.79 bits per heavy atom. The predicted octanol–water partition coefficient (Wildman–Crippen LogP) is 4.49. The van der Waals surface area contributed by atoms with Crippen molar-refractivity contribution in [3.05, 3.63) is 89.0 Å². The van der Waals surface area contributed by atoms with Crippen molar-refractivity contribution in [1.29, 1.82) is 0 Å². The minimum absolute atomic E-state index is 0.0177. The van der Waals surface area contributed by atoms with Crippen LogP contribution in [0, 0.1) is 13.8 Å². The number of benzene rings is 3. The number of anilines is 2. The summed E-state index contributed by atoms with van der Waals surface area (Å²) in [6, 6.07) is 19.8. The van der Waals surface area contributed by atoms with Gasteiger partial charge in [0.1, 0.15) is 5.75 Å². The molecule has 1 heterocycles. The van der Waals surface area contributed by atoms with E-state index in [-0.39, 0.29) is 12.5 Å². The first-order chi connectivity index (χ1) is 16.4. The highest BCUT2D eigenvalue weighted by atomic mass is 16.6. The van der Waals surface area contributed by atoms with Crippen LogP contribution in [0.2, 0.25) is 0 Å². The first kappa shape index (κ1) is 23.0. The molecule has 0 fully saturated rings. The van der Waals surface area contributed by atoms with E-state index in [0.29, 0.717) is 29.8 Å². The second-order valence-electron chi connectivity index (χ2n) is 8.24. The number of rotatable bonds is 7. The Hall–Kier alpha value is -4.13. The minimum atomic E-state index is -1.13. The summed E-state index contributed by atoms with van der Waals surface area (Å²) in [6.07, 6.45) is -0.111. The Bertz CT molecular complexity index is 1220. The molecule has 1 unspecified atom stereocenters. The molecular formula is C27H26N2O5. The van der Waals surface area contributed by atoms with Crippen LogP contribution in [0.15, 0.2) is 66.7 Å². The zero-order valence-corrected chi connectivity index (χ0v) is 19.1. The Kier molecular flexibility index (Phi) is 6.92. The van der Waals surface area contributed by atoms with E-state index >= 15 is 0 Å². The number of amides is 2. The largest absolute Gasteiger partial charge is 0.482 e. The zero-order valence-electron chi connectivity index (χ0n) is 19.1. The fourth-order valence-electron chi connectivity index (χ4n) is 3.73. The molecule has 2 N–H and O–H groups in total. The minimum Gasteiger partial charge on any atom is -0.482 e. The van der Waals surface area contributed by atoms with Crippen LogP contribution in [0.4, 0.5) is 11.4 Å². The molecule has 34 heavy (non-hydrogen) atoms. The Balaban J connectivity index is 1.44. The van der Waals surface area contributed by atoms with E-state index in [4.69, 9.17) is 9.47 Å². The van der Waals surface area contributed by atoms with Crippen molar-refractivity contribution in [2.24, 2.45) is 0 Å². The third kappa shape index (κ3) is 5.61. The molecule has 3 aromatic carbocycles. The summed E-state index contributed by atoms with van der Waals surface area (Å²) in [5.74, 6) is -0.646. The van der Waals surface area contributed by atoms with Gasteiger partial charge in [0, 0.05) is 23.4 Å². The van der Waals surface area contributed by atoms with Gasteiger partial charge in [-0.2, -0.15) is 0 Å². The van der Waals surface area contributed by atoms with Gasteiger partial charge >= 0.3 is 5.97 Å². The molecule has 0 bridgehead atoms. The maximum atomic E-state index is 13.1. The summed E-state index contributed by atoms with van der Waals surface area (Å²) in [5.41, 5.74) is 4.83. The Labute approximate surface area is 198 Å². The fourth-order valence-corrected chi connectivity index (χ4v) is 3.73.